The lowest BCUT2D eigenvalue weighted by atomic mass is 10.1. The maximum absolute atomic E-state index is 13.0. The Hall–Kier alpha value is -3.87. The molecule has 0 saturated heterocycles. The molecule has 3 N–H and O–H groups in total. The molecule has 0 aliphatic carbocycles. The summed E-state index contributed by atoms with van der Waals surface area (Å²) in [5.41, 5.74) is 0.319. The van der Waals surface area contributed by atoms with Crippen LogP contribution in [0.15, 0.2) is 30.3 Å². The van der Waals surface area contributed by atoms with Crippen LogP contribution in [0.5, 0.6) is 0 Å². The van der Waals surface area contributed by atoms with E-state index in [-0.39, 0.29) is 89.2 Å². The van der Waals surface area contributed by atoms with Crippen molar-refractivity contribution in [3.8, 4) is 0 Å². The number of alkyl carbamates (subject to hydrolysis) is 1. The second-order valence-electron chi connectivity index (χ2n) is 13.0. The molecule has 0 heterocycles. The van der Waals surface area contributed by atoms with Crippen LogP contribution in [0.4, 0.5) is 4.79 Å². The number of hydrogen-bond acceptors (Lipinski definition) is 14. The van der Waals surface area contributed by atoms with Crippen LogP contribution in [-0.4, -0.2) is 141 Å². The van der Waals surface area contributed by atoms with E-state index < -0.39 is 17.7 Å². The van der Waals surface area contributed by atoms with E-state index in [4.69, 9.17) is 37.9 Å². The van der Waals surface area contributed by atoms with Crippen molar-refractivity contribution < 1.29 is 66.6 Å². The summed E-state index contributed by atoms with van der Waals surface area (Å²) in [6.07, 6.45) is 1.36. The number of unbranched alkanes of at least 4 members (excludes halogenated alkanes) is 1. The van der Waals surface area contributed by atoms with Crippen LogP contribution < -0.4 is 16.0 Å². The third kappa shape index (κ3) is 31.1. The fourth-order valence-electron chi connectivity index (χ4n) is 4.35. The van der Waals surface area contributed by atoms with Gasteiger partial charge in [0.1, 0.15) is 18.2 Å². The number of benzene rings is 1. The molecule has 0 aliphatic heterocycles. The second kappa shape index (κ2) is 32.4. The van der Waals surface area contributed by atoms with Gasteiger partial charge in [0.25, 0.3) is 0 Å². The zero-order valence-corrected chi connectivity index (χ0v) is 33.0. The zero-order chi connectivity index (χ0) is 40.4. The lowest BCUT2D eigenvalue weighted by molar-refractivity contribution is -0.146. The number of esters is 2. The Balaban J connectivity index is 2.23. The summed E-state index contributed by atoms with van der Waals surface area (Å²) in [5, 5.41) is 8.26. The van der Waals surface area contributed by atoms with E-state index in [9.17, 15) is 24.0 Å². The van der Waals surface area contributed by atoms with Crippen LogP contribution in [-0.2, 0) is 68.4 Å². The number of methoxy groups -OCH3 is 1. The van der Waals surface area contributed by atoms with Gasteiger partial charge in [-0.05, 0) is 45.6 Å². The highest BCUT2D eigenvalue weighted by Crippen LogP contribution is 2.07. The molecular weight excluding hydrogens is 722 g/mol. The van der Waals surface area contributed by atoms with Gasteiger partial charge in [-0.1, -0.05) is 30.3 Å². The van der Waals surface area contributed by atoms with E-state index in [0.717, 1.165) is 5.56 Å². The van der Waals surface area contributed by atoms with Crippen molar-refractivity contribution in [2.45, 2.75) is 77.5 Å². The predicted molar refractivity (Wildman–Crippen MR) is 200 cm³/mol. The first kappa shape index (κ1) is 49.1. The summed E-state index contributed by atoms with van der Waals surface area (Å²) in [6, 6.07) is 8.66. The van der Waals surface area contributed by atoms with Crippen LogP contribution in [0.2, 0.25) is 0 Å². The van der Waals surface area contributed by atoms with Crippen molar-refractivity contribution in [2.24, 2.45) is 0 Å². The number of rotatable bonds is 33. The molecule has 1 aromatic rings. The molecule has 17 nitrogen and oxygen atoms in total. The van der Waals surface area contributed by atoms with Crippen LogP contribution in [0.3, 0.4) is 0 Å². The Labute approximate surface area is 325 Å². The maximum atomic E-state index is 13.0. The fourth-order valence-corrected chi connectivity index (χ4v) is 4.35. The van der Waals surface area contributed by atoms with Gasteiger partial charge in [-0.15, -0.1) is 0 Å². The van der Waals surface area contributed by atoms with E-state index in [2.05, 4.69) is 20.7 Å². The summed E-state index contributed by atoms with van der Waals surface area (Å²) in [7, 11) is 1.32. The van der Waals surface area contributed by atoms with Crippen LogP contribution >= 0.6 is 0 Å². The molecule has 17 heteroatoms. The Bertz CT molecular complexity index is 1180. The van der Waals surface area contributed by atoms with Gasteiger partial charge in [-0.3, -0.25) is 19.2 Å². The van der Waals surface area contributed by atoms with Crippen molar-refractivity contribution in [3.05, 3.63) is 35.9 Å². The van der Waals surface area contributed by atoms with Gasteiger partial charge >= 0.3 is 18.0 Å². The summed E-state index contributed by atoms with van der Waals surface area (Å²) in [5.74, 6) is -1.36. The van der Waals surface area contributed by atoms with Gasteiger partial charge < -0.3 is 58.6 Å². The number of ether oxygens (including phenoxy) is 9. The highest BCUT2D eigenvalue weighted by molar-refractivity contribution is 5.87. The Morgan fingerprint density at radius 1 is 0.618 bits per heavy atom. The molecule has 0 aromatic heterocycles. The molecule has 0 spiro atoms. The summed E-state index contributed by atoms with van der Waals surface area (Å²) >= 11 is 0. The number of hydrogen-bond donors (Lipinski definition) is 3. The van der Waals surface area contributed by atoms with Crippen molar-refractivity contribution in [2.75, 3.05) is 99.5 Å². The van der Waals surface area contributed by atoms with E-state index in [1.165, 1.54) is 7.11 Å². The van der Waals surface area contributed by atoms with Crippen molar-refractivity contribution in [1.82, 2.24) is 16.0 Å². The molecular formula is C38H63N3O14. The van der Waals surface area contributed by atoms with Crippen molar-refractivity contribution in [1.29, 1.82) is 0 Å². The fraction of sp³-hybridized carbons (Fsp3) is 0.711. The van der Waals surface area contributed by atoms with E-state index in [1.807, 2.05) is 30.3 Å². The highest BCUT2D eigenvalue weighted by Gasteiger charge is 2.20. The Morgan fingerprint density at radius 2 is 1.15 bits per heavy atom. The first-order valence-corrected chi connectivity index (χ1v) is 18.8. The van der Waals surface area contributed by atoms with E-state index in [0.29, 0.717) is 72.1 Å². The molecule has 1 aromatic carbocycles. The standard InChI is InChI=1S/C38H63N3O14/c1-38(2,3)55-37(46)40-16-9-8-12-32(41-33(42)13-18-48-22-26-52-27-23-49-19-14-34(43)47-4)36(45)39-17-21-51-25-29-53-28-24-50-20-15-35(44)54-30-31-10-6-5-7-11-31/h5-7,10-11,32H,8-9,12-30H2,1-4H3,(H,39,45)(H,40,46)(H,41,42)/t32-/m0/s1. The molecule has 0 bridgehead atoms. The van der Waals surface area contributed by atoms with Crippen molar-refractivity contribution >= 4 is 29.8 Å². The van der Waals surface area contributed by atoms with Gasteiger partial charge in [0, 0.05) is 19.5 Å². The molecule has 0 fully saturated rings. The Morgan fingerprint density at radius 3 is 1.71 bits per heavy atom. The average Bonchev–Trinajstić information content (AvgIpc) is 3.15. The SMILES string of the molecule is COC(=O)CCOCCOCCOCCC(=O)N[C@@H](CCCCNC(=O)OC(C)(C)C)C(=O)NCCOCCOCCOCCC(=O)OCc1ccccc1. The molecule has 55 heavy (non-hydrogen) atoms. The quantitative estimate of drug-likeness (QED) is 0.0533. The van der Waals surface area contributed by atoms with E-state index in [1.54, 1.807) is 20.8 Å². The van der Waals surface area contributed by atoms with Crippen molar-refractivity contribution in [3.63, 3.8) is 0 Å². The molecule has 0 unspecified atom stereocenters. The molecule has 0 aliphatic rings. The number of nitrogens with one attached hydrogen (secondary N) is 3. The number of carbonyl (C=O) groups is 5. The zero-order valence-electron chi connectivity index (χ0n) is 33.0. The minimum Gasteiger partial charge on any atom is -0.469 e. The largest absolute Gasteiger partial charge is 0.469 e. The van der Waals surface area contributed by atoms with Gasteiger partial charge in [0.15, 0.2) is 0 Å². The van der Waals surface area contributed by atoms with Gasteiger partial charge in [0.2, 0.25) is 11.8 Å². The first-order valence-electron chi connectivity index (χ1n) is 18.8. The molecule has 1 atom stereocenters. The van der Waals surface area contributed by atoms with Gasteiger partial charge in [-0.25, -0.2) is 4.79 Å². The minimum absolute atomic E-state index is 0.0517. The minimum atomic E-state index is -0.786. The lowest BCUT2D eigenvalue weighted by Gasteiger charge is -2.20. The predicted octanol–water partition coefficient (Wildman–Crippen LogP) is 2.47. The summed E-state index contributed by atoms with van der Waals surface area (Å²) in [4.78, 5) is 60.4. The van der Waals surface area contributed by atoms with Crippen LogP contribution in [0.25, 0.3) is 0 Å². The highest BCUT2D eigenvalue weighted by atomic mass is 16.6. The summed E-state index contributed by atoms with van der Waals surface area (Å²) < 4.78 is 47.5. The first-order chi connectivity index (χ1) is 26.5. The normalized spacial score (nSPS) is 11.7. The molecule has 0 radical (unpaired) electrons. The van der Waals surface area contributed by atoms with Crippen LogP contribution in [0, 0.1) is 0 Å². The van der Waals surface area contributed by atoms with Crippen LogP contribution in [0.1, 0.15) is 64.9 Å². The molecule has 314 valence electrons. The smallest absolute Gasteiger partial charge is 0.407 e. The van der Waals surface area contributed by atoms with E-state index >= 15 is 0 Å². The summed E-state index contributed by atoms with van der Waals surface area (Å²) in [6.45, 7) is 9.58. The monoisotopic (exact) mass is 785 g/mol. The van der Waals surface area contributed by atoms with Gasteiger partial charge in [0.05, 0.1) is 99.2 Å². The number of amides is 3. The maximum Gasteiger partial charge on any atom is 0.407 e. The second-order valence-corrected chi connectivity index (χ2v) is 13.0. The third-order valence-corrected chi connectivity index (χ3v) is 7.12. The molecule has 0 saturated carbocycles. The average molecular weight is 786 g/mol. The topological polar surface area (TPSA) is 205 Å². The molecule has 1 rings (SSSR count). The third-order valence-electron chi connectivity index (χ3n) is 7.12. The van der Waals surface area contributed by atoms with Gasteiger partial charge in [-0.2, -0.15) is 0 Å². The Kier molecular flexibility index (Phi) is 28.9. The lowest BCUT2D eigenvalue weighted by Crippen LogP contribution is -2.47. The number of carbonyl (C=O) groups excluding carboxylic acids is 5. The molecule has 3 amide bonds.